The zero-order chi connectivity index (χ0) is 16.7. The molecule has 0 aromatic carbocycles. The Hall–Kier alpha value is -0.950. The molecule has 3 rings (SSSR count). The van der Waals surface area contributed by atoms with Crippen LogP contribution in [0.5, 0.6) is 0 Å². The third-order valence-electron chi connectivity index (χ3n) is 5.37. The van der Waals surface area contributed by atoms with Crippen LogP contribution < -0.4 is 0 Å². The van der Waals surface area contributed by atoms with E-state index in [1.54, 1.807) is 4.31 Å². The fourth-order valence-electron chi connectivity index (χ4n) is 3.95. The van der Waals surface area contributed by atoms with Crippen LogP contribution >= 0.6 is 0 Å². The van der Waals surface area contributed by atoms with Gasteiger partial charge in [0.2, 0.25) is 15.9 Å². The van der Waals surface area contributed by atoms with Crippen molar-refractivity contribution in [2.24, 2.45) is 5.92 Å². The molecule has 1 saturated carbocycles. The first kappa shape index (κ1) is 16.9. The molecule has 0 bridgehead atoms. The minimum absolute atomic E-state index is 0.193. The van der Waals surface area contributed by atoms with Gasteiger partial charge in [-0.05, 0) is 25.2 Å². The molecular formula is C16H27N3O3S. The lowest BCUT2D eigenvalue weighted by Gasteiger charge is -2.24. The zero-order valence-electron chi connectivity index (χ0n) is 14.3. The van der Waals surface area contributed by atoms with Crippen molar-refractivity contribution in [1.29, 1.82) is 0 Å². The molecule has 2 fully saturated rings. The molecule has 1 aliphatic carbocycles. The van der Waals surface area contributed by atoms with Gasteiger partial charge in [0, 0.05) is 19.0 Å². The van der Waals surface area contributed by atoms with E-state index in [0.717, 1.165) is 37.9 Å². The second-order valence-electron chi connectivity index (χ2n) is 7.32. The Morgan fingerprint density at radius 2 is 2.22 bits per heavy atom. The van der Waals surface area contributed by atoms with E-state index in [4.69, 9.17) is 4.52 Å². The number of rotatable bonds is 6. The van der Waals surface area contributed by atoms with Crippen LogP contribution in [0.2, 0.25) is 0 Å². The number of unbranched alkanes of at least 4 members (excludes halogenated alkanes) is 1. The highest BCUT2D eigenvalue weighted by atomic mass is 32.2. The lowest BCUT2D eigenvalue weighted by Crippen LogP contribution is -2.36. The molecule has 1 aromatic heterocycles. The molecule has 0 radical (unpaired) electrons. The fraction of sp³-hybridized carbons (Fsp3) is 0.875. The molecule has 0 unspecified atom stereocenters. The highest BCUT2D eigenvalue weighted by Gasteiger charge is 2.55. The molecule has 0 amide bonds. The number of nitrogens with zero attached hydrogens (tertiary/aromatic N) is 3. The van der Waals surface area contributed by atoms with E-state index in [1.165, 1.54) is 0 Å². The third kappa shape index (κ3) is 2.93. The Morgan fingerprint density at radius 3 is 2.87 bits per heavy atom. The van der Waals surface area contributed by atoms with E-state index in [-0.39, 0.29) is 17.1 Å². The van der Waals surface area contributed by atoms with E-state index in [0.29, 0.717) is 24.9 Å². The molecule has 6 nitrogen and oxygen atoms in total. The summed E-state index contributed by atoms with van der Waals surface area (Å²) in [5, 5.41) is 4.22. The van der Waals surface area contributed by atoms with E-state index in [9.17, 15) is 8.42 Å². The Labute approximate surface area is 138 Å². The van der Waals surface area contributed by atoms with Crippen molar-refractivity contribution in [3.63, 3.8) is 0 Å². The molecule has 1 saturated heterocycles. The summed E-state index contributed by atoms with van der Waals surface area (Å²) in [5.74, 6) is 2.12. The van der Waals surface area contributed by atoms with Gasteiger partial charge in [-0.25, -0.2) is 12.7 Å². The average molecular weight is 341 g/mol. The minimum atomic E-state index is -3.17. The summed E-state index contributed by atoms with van der Waals surface area (Å²) < 4.78 is 32.2. The SMILES string of the molecule is CCCCS(=O)(=O)N1C[C@H]2CCC[C@@]2(c2noc(C(C)C)n2)C1. The van der Waals surface area contributed by atoms with Crippen LogP contribution in [-0.2, 0) is 15.4 Å². The smallest absolute Gasteiger partial charge is 0.229 e. The maximum Gasteiger partial charge on any atom is 0.229 e. The summed E-state index contributed by atoms with van der Waals surface area (Å²) in [6.45, 7) is 7.19. The van der Waals surface area contributed by atoms with E-state index >= 15 is 0 Å². The number of hydrogen-bond donors (Lipinski definition) is 0. The van der Waals surface area contributed by atoms with Gasteiger partial charge in [-0.15, -0.1) is 0 Å². The van der Waals surface area contributed by atoms with Crippen LogP contribution in [0.3, 0.4) is 0 Å². The van der Waals surface area contributed by atoms with Crippen LogP contribution in [0.15, 0.2) is 4.52 Å². The summed E-state index contributed by atoms with van der Waals surface area (Å²) >= 11 is 0. The molecular weight excluding hydrogens is 314 g/mol. The molecule has 0 spiro atoms. The average Bonchev–Trinajstić information content (AvgIpc) is 3.17. The zero-order valence-corrected chi connectivity index (χ0v) is 15.1. The van der Waals surface area contributed by atoms with Gasteiger partial charge < -0.3 is 4.52 Å². The Kier molecular flexibility index (Phi) is 4.53. The van der Waals surface area contributed by atoms with Gasteiger partial charge in [-0.1, -0.05) is 38.8 Å². The summed E-state index contributed by atoms with van der Waals surface area (Å²) in [5.41, 5.74) is -0.240. The molecule has 2 heterocycles. The fourth-order valence-corrected chi connectivity index (χ4v) is 5.69. The monoisotopic (exact) mass is 341 g/mol. The maximum absolute atomic E-state index is 12.6. The van der Waals surface area contributed by atoms with Crippen molar-refractivity contribution in [2.75, 3.05) is 18.8 Å². The van der Waals surface area contributed by atoms with Crippen molar-refractivity contribution in [1.82, 2.24) is 14.4 Å². The Balaban J connectivity index is 1.86. The van der Waals surface area contributed by atoms with Crippen molar-refractivity contribution in [3.05, 3.63) is 11.7 Å². The number of sulfonamides is 1. The number of fused-ring (bicyclic) bond motifs is 1. The van der Waals surface area contributed by atoms with E-state index in [1.807, 2.05) is 20.8 Å². The molecule has 130 valence electrons. The van der Waals surface area contributed by atoms with Gasteiger partial charge in [0.05, 0.1) is 11.2 Å². The van der Waals surface area contributed by atoms with Gasteiger partial charge in [-0.2, -0.15) is 4.98 Å². The van der Waals surface area contributed by atoms with E-state index in [2.05, 4.69) is 10.1 Å². The Bertz CT molecular complexity index is 655. The first-order chi connectivity index (χ1) is 10.9. The highest BCUT2D eigenvalue weighted by molar-refractivity contribution is 7.89. The topological polar surface area (TPSA) is 76.3 Å². The summed E-state index contributed by atoms with van der Waals surface area (Å²) in [7, 11) is -3.17. The van der Waals surface area contributed by atoms with Crippen LogP contribution in [0.4, 0.5) is 0 Å². The molecule has 23 heavy (non-hydrogen) atoms. The predicted octanol–water partition coefficient (Wildman–Crippen LogP) is 2.68. The molecule has 7 heteroatoms. The largest absolute Gasteiger partial charge is 0.339 e. The Morgan fingerprint density at radius 1 is 1.43 bits per heavy atom. The number of hydrogen-bond acceptors (Lipinski definition) is 5. The van der Waals surface area contributed by atoms with Gasteiger partial charge in [-0.3, -0.25) is 0 Å². The number of aromatic nitrogens is 2. The minimum Gasteiger partial charge on any atom is -0.339 e. The van der Waals surface area contributed by atoms with Crippen LogP contribution in [-0.4, -0.2) is 41.7 Å². The first-order valence-corrected chi connectivity index (χ1v) is 10.3. The van der Waals surface area contributed by atoms with Gasteiger partial charge in [0.1, 0.15) is 0 Å². The quantitative estimate of drug-likeness (QED) is 0.795. The van der Waals surface area contributed by atoms with Crippen LogP contribution in [0, 0.1) is 5.92 Å². The normalized spacial score (nSPS) is 28.6. The maximum atomic E-state index is 12.6. The lowest BCUT2D eigenvalue weighted by molar-refractivity contribution is 0.324. The van der Waals surface area contributed by atoms with Gasteiger partial charge in [0.25, 0.3) is 0 Å². The lowest BCUT2D eigenvalue weighted by atomic mass is 9.80. The standard InChI is InChI=1S/C16H27N3O3S/c1-4-5-9-23(20,21)19-10-13-7-6-8-16(13,11-19)15-17-14(12(2)3)22-18-15/h12-13H,4-11H2,1-3H3/t13-,16-/m1/s1. The van der Waals surface area contributed by atoms with Crippen LogP contribution in [0.25, 0.3) is 0 Å². The molecule has 2 aliphatic rings. The molecule has 1 aliphatic heterocycles. The van der Waals surface area contributed by atoms with Crippen LogP contribution in [0.1, 0.15) is 70.5 Å². The summed E-state index contributed by atoms with van der Waals surface area (Å²) in [6.07, 6.45) is 4.72. The third-order valence-corrected chi connectivity index (χ3v) is 7.24. The van der Waals surface area contributed by atoms with Crippen molar-refractivity contribution < 1.29 is 12.9 Å². The first-order valence-electron chi connectivity index (χ1n) is 8.71. The van der Waals surface area contributed by atoms with Gasteiger partial charge in [0.15, 0.2) is 5.82 Å². The highest BCUT2D eigenvalue weighted by Crippen LogP contribution is 2.50. The predicted molar refractivity (Wildman–Crippen MR) is 87.7 cm³/mol. The molecule has 1 aromatic rings. The van der Waals surface area contributed by atoms with Crippen molar-refractivity contribution >= 4 is 10.0 Å². The summed E-state index contributed by atoms with van der Waals surface area (Å²) in [6, 6.07) is 0. The van der Waals surface area contributed by atoms with Crippen molar-refractivity contribution in [2.45, 2.75) is 64.2 Å². The van der Waals surface area contributed by atoms with E-state index < -0.39 is 10.0 Å². The molecule has 0 N–H and O–H groups in total. The van der Waals surface area contributed by atoms with Crippen molar-refractivity contribution in [3.8, 4) is 0 Å². The van der Waals surface area contributed by atoms with Gasteiger partial charge >= 0.3 is 0 Å². The second-order valence-corrected chi connectivity index (χ2v) is 9.41. The second kappa shape index (κ2) is 6.16. The summed E-state index contributed by atoms with van der Waals surface area (Å²) in [4.78, 5) is 4.60. The molecule has 2 atom stereocenters.